The van der Waals surface area contributed by atoms with Gasteiger partial charge in [-0.05, 0) is 24.3 Å². The zero-order chi connectivity index (χ0) is 18.0. The van der Waals surface area contributed by atoms with Gasteiger partial charge in [0.05, 0.1) is 6.42 Å². The molecule has 0 saturated heterocycles. The molecule has 0 unspecified atom stereocenters. The second kappa shape index (κ2) is 6.86. The molecule has 2 rings (SSSR count). The van der Waals surface area contributed by atoms with Gasteiger partial charge in [0.2, 0.25) is 11.7 Å². The standard InChI is InChI=1S/C16H13F5N2O/c1-23(2)9-5-3-8(4-6-9)22-11(24)7-10-12(17)14(19)16(21)15(20)13(10)18/h3-6H,7H2,1-2H3,(H,22,24). The molecule has 0 aliphatic rings. The van der Waals surface area contributed by atoms with Crippen LogP contribution in [0.3, 0.4) is 0 Å². The molecule has 2 aromatic rings. The van der Waals surface area contributed by atoms with E-state index in [-0.39, 0.29) is 0 Å². The summed E-state index contributed by atoms with van der Waals surface area (Å²) in [5.41, 5.74) is 0.0102. The molecule has 2 aromatic carbocycles. The SMILES string of the molecule is CN(C)c1ccc(NC(=O)Cc2c(F)c(F)c(F)c(F)c2F)cc1. The highest BCUT2D eigenvalue weighted by molar-refractivity contribution is 5.92. The molecule has 0 fully saturated rings. The summed E-state index contributed by atoms with van der Waals surface area (Å²) in [5, 5.41) is 2.34. The van der Waals surface area contributed by atoms with Crippen LogP contribution in [0.25, 0.3) is 0 Å². The van der Waals surface area contributed by atoms with Crippen molar-refractivity contribution in [3.63, 3.8) is 0 Å². The highest BCUT2D eigenvalue weighted by Gasteiger charge is 2.26. The smallest absolute Gasteiger partial charge is 0.229 e. The lowest BCUT2D eigenvalue weighted by Gasteiger charge is -2.13. The van der Waals surface area contributed by atoms with E-state index in [1.165, 1.54) is 0 Å². The first-order valence-corrected chi connectivity index (χ1v) is 6.80. The lowest BCUT2D eigenvalue weighted by atomic mass is 10.1. The maximum absolute atomic E-state index is 13.5. The third-order valence-corrected chi connectivity index (χ3v) is 3.31. The highest BCUT2D eigenvalue weighted by Crippen LogP contribution is 2.24. The summed E-state index contributed by atoms with van der Waals surface area (Å²) < 4.78 is 66.2. The second-order valence-corrected chi connectivity index (χ2v) is 5.21. The van der Waals surface area contributed by atoms with Crippen LogP contribution >= 0.6 is 0 Å². The fourth-order valence-electron chi connectivity index (χ4n) is 2.01. The van der Waals surface area contributed by atoms with E-state index in [1.807, 2.05) is 19.0 Å². The van der Waals surface area contributed by atoms with Crippen LogP contribution in [-0.4, -0.2) is 20.0 Å². The molecule has 0 atom stereocenters. The number of nitrogens with one attached hydrogen (secondary N) is 1. The fourth-order valence-corrected chi connectivity index (χ4v) is 2.01. The molecule has 8 heteroatoms. The summed E-state index contributed by atoms with van der Waals surface area (Å²) in [4.78, 5) is 13.6. The van der Waals surface area contributed by atoms with Gasteiger partial charge in [-0.1, -0.05) is 0 Å². The van der Waals surface area contributed by atoms with Crippen molar-refractivity contribution in [1.82, 2.24) is 0 Å². The number of carbonyl (C=O) groups excluding carboxylic acids is 1. The van der Waals surface area contributed by atoms with Gasteiger partial charge in [0, 0.05) is 31.0 Å². The Kier molecular flexibility index (Phi) is 5.06. The summed E-state index contributed by atoms with van der Waals surface area (Å²) in [6.45, 7) is 0. The fraction of sp³-hybridized carbons (Fsp3) is 0.188. The molecule has 1 amide bonds. The van der Waals surface area contributed by atoms with E-state index < -0.39 is 47.0 Å². The number of halogens is 5. The van der Waals surface area contributed by atoms with Gasteiger partial charge in [-0.3, -0.25) is 4.79 Å². The minimum atomic E-state index is -2.26. The van der Waals surface area contributed by atoms with E-state index in [0.717, 1.165) is 5.69 Å². The number of hydrogen-bond donors (Lipinski definition) is 1. The molecule has 0 saturated carbocycles. The number of rotatable bonds is 4. The first kappa shape index (κ1) is 17.7. The Balaban J connectivity index is 2.19. The summed E-state index contributed by atoms with van der Waals surface area (Å²) in [6.07, 6.45) is -0.985. The lowest BCUT2D eigenvalue weighted by molar-refractivity contribution is -0.115. The second-order valence-electron chi connectivity index (χ2n) is 5.21. The van der Waals surface area contributed by atoms with Crippen LogP contribution in [0.1, 0.15) is 5.56 Å². The Morgan fingerprint density at radius 1 is 0.875 bits per heavy atom. The van der Waals surface area contributed by atoms with Crippen molar-refractivity contribution in [3.05, 3.63) is 58.9 Å². The average Bonchev–Trinajstić information content (AvgIpc) is 2.55. The first-order chi connectivity index (χ1) is 11.2. The minimum Gasteiger partial charge on any atom is -0.378 e. The number of amides is 1. The van der Waals surface area contributed by atoms with Crippen molar-refractivity contribution in [2.24, 2.45) is 0 Å². The number of hydrogen-bond acceptors (Lipinski definition) is 2. The molecular formula is C16H13F5N2O. The van der Waals surface area contributed by atoms with Crippen molar-refractivity contribution in [1.29, 1.82) is 0 Å². The van der Waals surface area contributed by atoms with Crippen LogP contribution in [0, 0.1) is 29.1 Å². The number of carbonyl (C=O) groups is 1. The van der Waals surface area contributed by atoms with E-state index in [0.29, 0.717) is 5.69 Å². The van der Waals surface area contributed by atoms with Gasteiger partial charge in [0.15, 0.2) is 23.3 Å². The summed E-state index contributed by atoms with van der Waals surface area (Å²) in [6, 6.07) is 6.47. The zero-order valence-corrected chi connectivity index (χ0v) is 12.8. The van der Waals surface area contributed by atoms with E-state index in [2.05, 4.69) is 5.32 Å². The Hall–Kier alpha value is -2.64. The van der Waals surface area contributed by atoms with Gasteiger partial charge in [-0.2, -0.15) is 0 Å². The Morgan fingerprint density at radius 3 is 1.79 bits per heavy atom. The van der Waals surface area contributed by atoms with Crippen molar-refractivity contribution < 1.29 is 26.7 Å². The predicted octanol–water partition coefficient (Wildman–Crippen LogP) is 3.63. The topological polar surface area (TPSA) is 32.3 Å². The third kappa shape index (κ3) is 3.47. The van der Waals surface area contributed by atoms with Gasteiger partial charge >= 0.3 is 0 Å². The largest absolute Gasteiger partial charge is 0.378 e. The van der Waals surface area contributed by atoms with Gasteiger partial charge in [0.1, 0.15) is 0 Å². The molecular weight excluding hydrogens is 331 g/mol. The molecule has 0 aromatic heterocycles. The quantitative estimate of drug-likeness (QED) is 0.522. The van der Waals surface area contributed by atoms with Crippen molar-refractivity contribution in [2.45, 2.75) is 6.42 Å². The van der Waals surface area contributed by atoms with Crippen LogP contribution in [-0.2, 0) is 11.2 Å². The molecule has 0 spiro atoms. The van der Waals surface area contributed by atoms with E-state index in [1.54, 1.807) is 24.3 Å². The molecule has 3 nitrogen and oxygen atoms in total. The van der Waals surface area contributed by atoms with Gasteiger partial charge in [-0.25, -0.2) is 22.0 Å². The molecule has 0 heterocycles. The van der Waals surface area contributed by atoms with Crippen LogP contribution in [0.2, 0.25) is 0 Å². The predicted molar refractivity (Wildman–Crippen MR) is 79.3 cm³/mol. The summed E-state index contributed by atoms with van der Waals surface area (Å²) in [5.74, 6) is -11.3. The van der Waals surface area contributed by atoms with Gasteiger partial charge in [0.25, 0.3) is 0 Å². The molecule has 0 aliphatic carbocycles. The summed E-state index contributed by atoms with van der Waals surface area (Å²) >= 11 is 0. The number of nitrogens with zero attached hydrogens (tertiary/aromatic N) is 1. The lowest BCUT2D eigenvalue weighted by Crippen LogP contribution is -2.18. The monoisotopic (exact) mass is 344 g/mol. The van der Waals surface area contributed by atoms with E-state index in [9.17, 15) is 26.7 Å². The van der Waals surface area contributed by atoms with Gasteiger partial charge < -0.3 is 10.2 Å². The molecule has 24 heavy (non-hydrogen) atoms. The molecule has 128 valence electrons. The maximum Gasteiger partial charge on any atom is 0.229 e. The Bertz CT molecular complexity index is 746. The first-order valence-electron chi connectivity index (χ1n) is 6.80. The average molecular weight is 344 g/mol. The van der Waals surface area contributed by atoms with Crippen LogP contribution in [0.4, 0.5) is 33.3 Å². The van der Waals surface area contributed by atoms with Crippen molar-refractivity contribution in [2.75, 3.05) is 24.3 Å². The molecule has 0 bridgehead atoms. The van der Waals surface area contributed by atoms with Crippen molar-refractivity contribution in [3.8, 4) is 0 Å². The van der Waals surface area contributed by atoms with Crippen LogP contribution in [0.15, 0.2) is 24.3 Å². The Labute approximate surface area is 134 Å². The molecule has 1 N–H and O–H groups in total. The van der Waals surface area contributed by atoms with Crippen molar-refractivity contribution >= 4 is 17.3 Å². The van der Waals surface area contributed by atoms with Crippen LogP contribution < -0.4 is 10.2 Å². The minimum absolute atomic E-state index is 0.328. The maximum atomic E-state index is 13.5. The van der Waals surface area contributed by atoms with Gasteiger partial charge in [-0.15, -0.1) is 0 Å². The number of benzene rings is 2. The van der Waals surface area contributed by atoms with Crippen LogP contribution in [0.5, 0.6) is 0 Å². The number of anilines is 2. The summed E-state index contributed by atoms with van der Waals surface area (Å²) in [7, 11) is 3.63. The third-order valence-electron chi connectivity index (χ3n) is 3.31. The zero-order valence-electron chi connectivity index (χ0n) is 12.8. The van der Waals surface area contributed by atoms with E-state index >= 15 is 0 Å². The highest BCUT2D eigenvalue weighted by atomic mass is 19.2. The Morgan fingerprint density at radius 2 is 1.33 bits per heavy atom. The normalized spacial score (nSPS) is 10.6. The van der Waals surface area contributed by atoms with E-state index in [4.69, 9.17) is 0 Å². The molecule has 0 radical (unpaired) electrons. The molecule has 0 aliphatic heterocycles.